The number of hydrogen-bond donors (Lipinski definition) is 3. The van der Waals surface area contributed by atoms with Gasteiger partial charge in [-0.25, -0.2) is 4.79 Å². The van der Waals surface area contributed by atoms with Crippen LogP contribution in [0.2, 0.25) is 0 Å². The predicted octanol–water partition coefficient (Wildman–Crippen LogP) is 5.35. The number of carbonyl (C=O) groups is 1. The van der Waals surface area contributed by atoms with E-state index in [-0.39, 0.29) is 6.03 Å². The molecular formula is C22H22N4O. The number of para-hydroxylation sites is 1. The van der Waals surface area contributed by atoms with E-state index in [2.05, 4.69) is 46.4 Å². The molecule has 0 radical (unpaired) electrons. The average Bonchev–Trinajstić information content (AvgIpc) is 2.97. The zero-order chi connectivity index (χ0) is 19.0. The van der Waals surface area contributed by atoms with Crippen LogP contribution in [0, 0.1) is 6.92 Å². The van der Waals surface area contributed by atoms with Gasteiger partial charge in [0.1, 0.15) is 0 Å². The fourth-order valence-corrected chi connectivity index (χ4v) is 3.58. The number of benzene rings is 3. The van der Waals surface area contributed by atoms with Crippen LogP contribution in [0.25, 0.3) is 21.8 Å². The van der Waals surface area contributed by atoms with Gasteiger partial charge in [0.15, 0.2) is 0 Å². The van der Waals surface area contributed by atoms with Gasteiger partial charge >= 0.3 is 6.03 Å². The van der Waals surface area contributed by atoms with Crippen LogP contribution in [-0.2, 0) is 6.54 Å². The van der Waals surface area contributed by atoms with Crippen molar-refractivity contribution >= 4 is 44.9 Å². The maximum atomic E-state index is 12.4. The van der Waals surface area contributed by atoms with Gasteiger partial charge in [0, 0.05) is 45.4 Å². The number of aryl methyl sites for hydroxylation is 2. The van der Waals surface area contributed by atoms with Gasteiger partial charge in [0.05, 0.1) is 0 Å². The summed E-state index contributed by atoms with van der Waals surface area (Å²) in [5.74, 6) is 0. The van der Waals surface area contributed by atoms with Crippen molar-refractivity contribution in [3.63, 3.8) is 0 Å². The van der Waals surface area contributed by atoms with Gasteiger partial charge in [-0.15, -0.1) is 0 Å². The Kier molecular flexibility index (Phi) is 4.20. The van der Waals surface area contributed by atoms with Crippen molar-refractivity contribution in [2.75, 3.05) is 16.4 Å². The van der Waals surface area contributed by atoms with Crippen molar-refractivity contribution in [3.05, 3.63) is 66.2 Å². The zero-order valence-corrected chi connectivity index (χ0v) is 15.4. The number of nitrogens with two attached hydrogens (primary N) is 1. The van der Waals surface area contributed by atoms with Gasteiger partial charge in [0.25, 0.3) is 0 Å². The Hall–Kier alpha value is -3.47. The number of rotatable bonds is 3. The van der Waals surface area contributed by atoms with E-state index >= 15 is 0 Å². The van der Waals surface area contributed by atoms with Crippen molar-refractivity contribution in [1.29, 1.82) is 0 Å². The van der Waals surface area contributed by atoms with Crippen molar-refractivity contribution in [2.45, 2.75) is 20.4 Å². The standard InChI is InChI=1S/C22H22N4O/c1-3-26-20-7-5-4-6-17(20)18-13-16(9-11-21(18)26)24-22(27)25-19-10-8-15(23)12-14(19)2/h4-13H,3,23H2,1-2H3,(H2,24,25,27). The number of urea groups is 1. The number of anilines is 3. The van der Waals surface area contributed by atoms with Crippen molar-refractivity contribution in [3.8, 4) is 0 Å². The molecule has 0 atom stereocenters. The van der Waals surface area contributed by atoms with Crippen LogP contribution in [-0.4, -0.2) is 10.6 Å². The summed E-state index contributed by atoms with van der Waals surface area (Å²) in [4.78, 5) is 12.4. The first-order valence-electron chi connectivity index (χ1n) is 9.02. The maximum absolute atomic E-state index is 12.4. The molecular weight excluding hydrogens is 336 g/mol. The Balaban J connectivity index is 1.64. The van der Waals surface area contributed by atoms with E-state index in [1.54, 1.807) is 6.07 Å². The van der Waals surface area contributed by atoms with E-state index in [0.717, 1.165) is 28.9 Å². The monoisotopic (exact) mass is 358 g/mol. The normalized spacial score (nSPS) is 11.0. The van der Waals surface area contributed by atoms with Gasteiger partial charge < -0.3 is 20.9 Å². The topological polar surface area (TPSA) is 72.1 Å². The van der Waals surface area contributed by atoms with E-state index < -0.39 is 0 Å². The maximum Gasteiger partial charge on any atom is 0.323 e. The first kappa shape index (κ1) is 17.0. The number of aromatic nitrogens is 1. The Morgan fingerprint density at radius 1 is 0.963 bits per heavy atom. The molecule has 27 heavy (non-hydrogen) atoms. The second-order valence-corrected chi connectivity index (χ2v) is 6.65. The van der Waals surface area contributed by atoms with Crippen molar-refractivity contribution < 1.29 is 4.79 Å². The van der Waals surface area contributed by atoms with Crippen LogP contribution in [0.1, 0.15) is 12.5 Å². The van der Waals surface area contributed by atoms with E-state index in [4.69, 9.17) is 5.73 Å². The SMILES string of the molecule is CCn1c2ccccc2c2cc(NC(=O)Nc3ccc(N)cc3C)ccc21. The smallest absolute Gasteiger partial charge is 0.323 e. The lowest BCUT2D eigenvalue weighted by Gasteiger charge is -2.11. The van der Waals surface area contributed by atoms with Gasteiger partial charge in [-0.2, -0.15) is 0 Å². The highest BCUT2D eigenvalue weighted by Crippen LogP contribution is 2.31. The summed E-state index contributed by atoms with van der Waals surface area (Å²) < 4.78 is 2.28. The van der Waals surface area contributed by atoms with Gasteiger partial charge in [-0.1, -0.05) is 18.2 Å². The van der Waals surface area contributed by atoms with E-state index in [1.807, 2.05) is 37.3 Å². The molecule has 4 rings (SSSR count). The minimum atomic E-state index is -0.276. The number of nitrogens with zero attached hydrogens (tertiary/aromatic N) is 1. The number of nitrogen functional groups attached to an aromatic ring is 1. The molecule has 0 saturated carbocycles. The van der Waals surface area contributed by atoms with Crippen LogP contribution in [0.15, 0.2) is 60.7 Å². The third-order valence-electron chi connectivity index (χ3n) is 4.85. The van der Waals surface area contributed by atoms with Crippen LogP contribution in [0.3, 0.4) is 0 Å². The van der Waals surface area contributed by atoms with Crippen LogP contribution in [0.5, 0.6) is 0 Å². The molecule has 0 unspecified atom stereocenters. The summed E-state index contributed by atoms with van der Waals surface area (Å²) in [6, 6.07) is 19.5. The molecule has 1 heterocycles. The highest BCUT2D eigenvalue weighted by atomic mass is 16.2. The molecule has 0 aliphatic rings. The second-order valence-electron chi connectivity index (χ2n) is 6.65. The molecule has 0 bridgehead atoms. The molecule has 4 N–H and O–H groups in total. The lowest BCUT2D eigenvalue weighted by Crippen LogP contribution is -2.20. The third kappa shape index (κ3) is 3.08. The van der Waals surface area contributed by atoms with Gasteiger partial charge in [-0.3, -0.25) is 0 Å². The molecule has 0 spiro atoms. The first-order chi connectivity index (χ1) is 13.1. The minimum Gasteiger partial charge on any atom is -0.399 e. The summed E-state index contributed by atoms with van der Waals surface area (Å²) in [5.41, 5.74) is 11.2. The molecule has 1 aromatic heterocycles. The Bertz CT molecular complexity index is 1160. The summed E-state index contributed by atoms with van der Waals surface area (Å²) in [6.07, 6.45) is 0. The van der Waals surface area contributed by atoms with Gasteiger partial charge in [0.2, 0.25) is 0 Å². The Labute approximate surface area is 157 Å². The fraction of sp³-hybridized carbons (Fsp3) is 0.136. The molecule has 0 fully saturated rings. The quantitative estimate of drug-likeness (QED) is 0.432. The number of amides is 2. The lowest BCUT2D eigenvalue weighted by molar-refractivity contribution is 0.262. The second kappa shape index (κ2) is 6.68. The summed E-state index contributed by atoms with van der Waals surface area (Å²) in [5, 5.41) is 8.12. The Morgan fingerprint density at radius 3 is 2.52 bits per heavy atom. The minimum absolute atomic E-state index is 0.276. The molecule has 2 amide bonds. The van der Waals surface area contributed by atoms with E-state index in [1.165, 1.54) is 16.4 Å². The third-order valence-corrected chi connectivity index (χ3v) is 4.85. The predicted molar refractivity (Wildman–Crippen MR) is 113 cm³/mol. The first-order valence-corrected chi connectivity index (χ1v) is 9.02. The highest BCUT2D eigenvalue weighted by molar-refractivity contribution is 6.10. The largest absolute Gasteiger partial charge is 0.399 e. The molecule has 4 aromatic rings. The lowest BCUT2D eigenvalue weighted by atomic mass is 10.1. The van der Waals surface area contributed by atoms with Crippen LogP contribution >= 0.6 is 0 Å². The number of carbonyl (C=O) groups excluding carboxylic acids is 1. The van der Waals surface area contributed by atoms with Crippen LogP contribution in [0.4, 0.5) is 21.9 Å². The van der Waals surface area contributed by atoms with Crippen LogP contribution < -0.4 is 16.4 Å². The van der Waals surface area contributed by atoms with Crippen molar-refractivity contribution in [1.82, 2.24) is 4.57 Å². The summed E-state index contributed by atoms with van der Waals surface area (Å²) in [6.45, 7) is 4.95. The molecule has 0 saturated heterocycles. The molecule has 0 aliphatic carbocycles. The van der Waals surface area contributed by atoms with Crippen molar-refractivity contribution in [2.24, 2.45) is 0 Å². The highest BCUT2D eigenvalue weighted by Gasteiger charge is 2.11. The fourth-order valence-electron chi connectivity index (χ4n) is 3.58. The number of fused-ring (bicyclic) bond motifs is 3. The number of hydrogen-bond acceptors (Lipinski definition) is 2. The molecule has 3 aromatic carbocycles. The number of nitrogens with one attached hydrogen (secondary N) is 2. The summed E-state index contributed by atoms with van der Waals surface area (Å²) >= 11 is 0. The van der Waals surface area contributed by atoms with E-state index in [9.17, 15) is 4.79 Å². The molecule has 136 valence electrons. The van der Waals surface area contributed by atoms with E-state index in [0.29, 0.717) is 5.69 Å². The molecule has 5 heteroatoms. The van der Waals surface area contributed by atoms with Gasteiger partial charge in [-0.05, 0) is 61.9 Å². The summed E-state index contributed by atoms with van der Waals surface area (Å²) in [7, 11) is 0. The molecule has 0 aliphatic heterocycles. The average molecular weight is 358 g/mol. The Morgan fingerprint density at radius 2 is 1.74 bits per heavy atom. The zero-order valence-electron chi connectivity index (χ0n) is 15.4. The molecule has 5 nitrogen and oxygen atoms in total.